The average Bonchev–Trinajstić information content (AvgIpc) is 3.31. The molecule has 1 heterocycles. The van der Waals surface area contributed by atoms with Gasteiger partial charge in [-0.1, -0.05) is 18.5 Å². The first-order valence-electron chi connectivity index (χ1n) is 7.61. The van der Waals surface area contributed by atoms with Gasteiger partial charge in [0.15, 0.2) is 0 Å². The van der Waals surface area contributed by atoms with E-state index < -0.39 is 0 Å². The molecule has 0 bridgehead atoms. The molecule has 0 spiro atoms. The van der Waals surface area contributed by atoms with Crippen LogP contribution < -0.4 is 0 Å². The quantitative estimate of drug-likeness (QED) is 0.751. The number of nitrogens with zero attached hydrogens (tertiary/aromatic N) is 2. The maximum atomic E-state index is 12.7. The van der Waals surface area contributed by atoms with Crippen LogP contribution in [0.3, 0.4) is 0 Å². The highest BCUT2D eigenvalue weighted by molar-refractivity contribution is 6.29. The van der Waals surface area contributed by atoms with Crippen LogP contribution in [0.5, 0.6) is 0 Å². The van der Waals surface area contributed by atoms with E-state index in [-0.39, 0.29) is 5.91 Å². The second-order valence-corrected chi connectivity index (χ2v) is 6.51. The monoisotopic (exact) mass is 292 g/mol. The van der Waals surface area contributed by atoms with E-state index in [1.165, 1.54) is 25.7 Å². The molecule has 4 heteroatoms. The van der Waals surface area contributed by atoms with Crippen LogP contribution in [0.15, 0.2) is 12.1 Å². The van der Waals surface area contributed by atoms with Crippen molar-refractivity contribution in [1.82, 2.24) is 9.88 Å². The Kier molecular flexibility index (Phi) is 3.97. The number of rotatable bonds is 6. The Labute approximate surface area is 125 Å². The van der Waals surface area contributed by atoms with Gasteiger partial charge in [0.1, 0.15) is 5.15 Å². The van der Waals surface area contributed by atoms with Crippen LogP contribution in [0.4, 0.5) is 0 Å². The van der Waals surface area contributed by atoms with Gasteiger partial charge in [0.05, 0.1) is 0 Å². The van der Waals surface area contributed by atoms with Gasteiger partial charge in [-0.3, -0.25) is 4.79 Å². The summed E-state index contributed by atoms with van der Waals surface area (Å²) in [6.07, 6.45) is 5.88. The first-order valence-corrected chi connectivity index (χ1v) is 7.99. The Morgan fingerprint density at radius 2 is 1.85 bits per heavy atom. The maximum Gasteiger partial charge on any atom is 0.254 e. The summed E-state index contributed by atoms with van der Waals surface area (Å²) in [5, 5.41) is 0.422. The summed E-state index contributed by atoms with van der Waals surface area (Å²) < 4.78 is 0. The predicted octanol–water partition coefficient (Wildman–Crippen LogP) is 3.56. The van der Waals surface area contributed by atoms with Gasteiger partial charge >= 0.3 is 0 Å². The molecule has 0 N–H and O–H groups in total. The molecule has 0 atom stereocenters. The highest BCUT2D eigenvalue weighted by Crippen LogP contribution is 2.34. The first-order chi connectivity index (χ1) is 9.65. The van der Waals surface area contributed by atoms with Gasteiger partial charge in [-0.05, 0) is 56.1 Å². The molecule has 2 saturated carbocycles. The molecule has 2 aliphatic rings. The molecule has 3 nitrogen and oxygen atoms in total. The molecule has 2 aliphatic carbocycles. The molecule has 0 saturated heterocycles. The summed E-state index contributed by atoms with van der Waals surface area (Å²) in [6.45, 7) is 3.85. The highest BCUT2D eigenvalue weighted by atomic mass is 35.5. The number of aryl methyl sites for hydroxylation is 1. The summed E-state index contributed by atoms with van der Waals surface area (Å²) in [6, 6.07) is 3.59. The van der Waals surface area contributed by atoms with Crippen LogP contribution in [0.2, 0.25) is 5.15 Å². The number of amides is 1. The zero-order chi connectivity index (χ0) is 14.1. The Hall–Kier alpha value is -1.09. The van der Waals surface area contributed by atoms with E-state index in [0.29, 0.717) is 10.7 Å². The van der Waals surface area contributed by atoms with Crippen LogP contribution in [-0.2, 0) is 6.42 Å². The number of carbonyl (C=O) groups is 1. The van der Waals surface area contributed by atoms with Gasteiger partial charge in [-0.2, -0.15) is 0 Å². The number of pyridine rings is 1. The average molecular weight is 293 g/mol. The molecule has 1 aromatic rings. The molecule has 3 rings (SSSR count). The lowest BCUT2D eigenvalue weighted by Crippen LogP contribution is -2.34. The topological polar surface area (TPSA) is 33.2 Å². The molecule has 1 aromatic heterocycles. The van der Waals surface area contributed by atoms with Gasteiger partial charge in [-0.15, -0.1) is 0 Å². The molecule has 0 aliphatic heterocycles. The maximum absolute atomic E-state index is 12.7. The summed E-state index contributed by atoms with van der Waals surface area (Å²) in [4.78, 5) is 19.0. The summed E-state index contributed by atoms with van der Waals surface area (Å²) in [7, 11) is 0. The second kappa shape index (κ2) is 5.72. The third kappa shape index (κ3) is 3.51. The van der Waals surface area contributed by atoms with E-state index in [1.807, 2.05) is 17.9 Å². The minimum atomic E-state index is 0.128. The highest BCUT2D eigenvalue weighted by Gasteiger charge is 2.32. The zero-order valence-corrected chi connectivity index (χ0v) is 12.7. The smallest absolute Gasteiger partial charge is 0.254 e. The molecule has 0 radical (unpaired) electrons. The largest absolute Gasteiger partial charge is 0.338 e. The van der Waals surface area contributed by atoms with Gasteiger partial charge < -0.3 is 4.90 Å². The standard InChI is InChI=1S/C16H21ClN2O/c1-2-14-7-13(8-15(17)18-14)16(20)19(9-11-3-4-11)10-12-5-6-12/h7-8,11-12H,2-6,9-10H2,1H3. The lowest BCUT2D eigenvalue weighted by molar-refractivity contribution is 0.0739. The van der Waals surface area contributed by atoms with Crippen molar-refractivity contribution in [2.24, 2.45) is 11.8 Å². The summed E-state index contributed by atoms with van der Waals surface area (Å²) in [5.41, 5.74) is 1.58. The first kappa shape index (κ1) is 13.9. The minimum Gasteiger partial charge on any atom is -0.338 e. The third-order valence-electron chi connectivity index (χ3n) is 4.09. The van der Waals surface area contributed by atoms with Crippen molar-refractivity contribution < 1.29 is 4.79 Å². The number of hydrogen-bond donors (Lipinski definition) is 0. The SMILES string of the molecule is CCc1cc(C(=O)N(CC2CC2)CC2CC2)cc(Cl)n1. The van der Waals surface area contributed by atoms with Crippen LogP contribution in [0.25, 0.3) is 0 Å². The summed E-state index contributed by atoms with van der Waals surface area (Å²) in [5.74, 6) is 1.57. The number of carbonyl (C=O) groups excluding carboxylic acids is 1. The van der Waals surface area contributed by atoms with Gasteiger partial charge in [0.2, 0.25) is 0 Å². The van der Waals surface area contributed by atoms with E-state index in [0.717, 1.165) is 37.0 Å². The van der Waals surface area contributed by atoms with E-state index in [9.17, 15) is 4.79 Å². The number of hydrogen-bond acceptors (Lipinski definition) is 2. The third-order valence-corrected chi connectivity index (χ3v) is 4.29. The second-order valence-electron chi connectivity index (χ2n) is 6.12. The normalized spacial score (nSPS) is 18.1. The molecule has 2 fully saturated rings. The zero-order valence-electron chi connectivity index (χ0n) is 11.9. The molecular weight excluding hydrogens is 272 g/mol. The number of halogens is 1. The van der Waals surface area contributed by atoms with E-state index in [4.69, 9.17) is 11.6 Å². The van der Waals surface area contributed by atoms with Crippen molar-refractivity contribution in [3.05, 3.63) is 28.5 Å². The van der Waals surface area contributed by atoms with Crippen molar-refractivity contribution in [3.63, 3.8) is 0 Å². The molecule has 1 amide bonds. The van der Waals surface area contributed by atoms with Crippen LogP contribution in [0.1, 0.15) is 48.7 Å². The van der Waals surface area contributed by atoms with Crippen LogP contribution >= 0.6 is 11.6 Å². The summed E-state index contributed by atoms with van der Waals surface area (Å²) >= 11 is 6.03. The Balaban J connectivity index is 1.77. The molecule has 20 heavy (non-hydrogen) atoms. The van der Waals surface area contributed by atoms with Crippen molar-refractivity contribution in [2.45, 2.75) is 39.0 Å². The Bertz CT molecular complexity index is 495. The Morgan fingerprint density at radius 1 is 1.25 bits per heavy atom. The Morgan fingerprint density at radius 3 is 2.35 bits per heavy atom. The van der Waals surface area contributed by atoms with E-state index in [1.54, 1.807) is 6.07 Å². The van der Waals surface area contributed by atoms with Gasteiger partial charge in [0.25, 0.3) is 5.91 Å². The molecule has 0 aromatic carbocycles. The minimum absolute atomic E-state index is 0.128. The molecule has 0 unspecified atom stereocenters. The fourth-order valence-electron chi connectivity index (χ4n) is 2.50. The van der Waals surface area contributed by atoms with Crippen molar-refractivity contribution in [1.29, 1.82) is 0 Å². The van der Waals surface area contributed by atoms with Gasteiger partial charge in [-0.25, -0.2) is 4.98 Å². The lowest BCUT2D eigenvalue weighted by Gasteiger charge is -2.23. The van der Waals surface area contributed by atoms with E-state index >= 15 is 0 Å². The van der Waals surface area contributed by atoms with Crippen molar-refractivity contribution in [3.8, 4) is 0 Å². The van der Waals surface area contributed by atoms with Crippen molar-refractivity contribution in [2.75, 3.05) is 13.1 Å². The number of aromatic nitrogens is 1. The van der Waals surface area contributed by atoms with Crippen LogP contribution in [-0.4, -0.2) is 28.9 Å². The van der Waals surface area contributed by atoms with Gasteiger partial charge in [0, 0.05) is 24.3 Å². The van der Waals surface area contributed by atoms with Crippen molar-refractivity contribution >= 4 is 17.5 Å². The predicted molar refractivity (Wildman–Crippen MR) is 80.0 cm³/mol. The lowest BCUT2D eigenvalue weighted by atomic mass is 10.1. The molecular formula is C16H21ClN2O. The van der Waals surface area contributed by atoms with E-state index in [2.05, 4.69) is 4.98 Å². The fourth-order valence-corrected chi connectivity index (χ4v) is 2.73. The molecule has 108 valence electrons. The van der Waals surface area contributed by atoms with Crippen LogP contribution in [0, 0.1) is 11.8 Å². The fraction of sp³-hybridized carbons (Fsp3) is 0.625.